The quantitative estimate of drug-likeness (QED) is 0.423. The lowest BCUT2D eigenvalue weighted by Crippen LogP contribution is -2.29. The Hall–Kier alpha value is -1.25. The monoisotopic (exact) mass is 139 g/mol. The zero-order valence-electron chi connectivity index (χ0n) is 5.96. The molecule has 0 atom stereocenters. The average molecular weight is 139 g/mol. The van der Waals surface area contributed by atoms with Gasteiger partial charge in [-0.25, -0.2) is 0 Å². The first-order valence-electron chi connectivity index (χ1n) is 3.01. The first kappa shape index (κ1) is 6.86. The predicted octanol–water partition coefficient (Wildman–Crippen LogP) is 0.642. The Kier molecular flexibility index (Phi) is 1.49. The smallest absolute Gasteiger partial charge is 0.231 e. The van der Waals surface area contributed by atoms with Crippen molar-refractivity contribution in [1.82, 2.24) is 0 Å². The van der Waals surface area contributed by atoms with Gasteiger partial charge in [-0.1, -0.05) is 0 Å². The van der Waals surface area contributed by atoms with Crippen LogP contribution in [-0.4, -0.2) is 5.11 Å². The van der Waals surface area contributed by atoms with Gasteiger partial charge >= 0.3 is 0 Å². The van der Waals surface area contributed by atoms with Gasteiger partial charge in [0.1, 0.15) is 0 Å². The number of rotatable bonds is 0. The summed E-state index contributed by atoms with van der Waals surface area (Å²) in [7, 11) is 0. The van der Waals surface area contributed by atoms with Gasteiger partial charge in [-0.2, -0.15) is 4.73 Å². The molecule has 1 aromatic heterocycles. The molecule has 3 nitrogen and oxygen atoms in total. The second-order valence-corrected chi connectivity index (χ2v) is 2.26. The number of pyridine rings is 1. The molecule has 0 aliphatic heterocycles. The van der Waals surface area contributed by atoms with Crippen molar-refractivity contribution in [1.29, 1.82) is 0 Å². The fourth-order valence-electron chi connectivity index (χ4n) is 0.760. The molecule has 0 amide bonds. The van der Waals surface area contributed by atoms with Crippen LogP contribution >= 0.6 is 0 Å². The van der Waals surface area contributed by atoms with E-state index in [9.17, 15) is 5.21 Å². The van der Waals surface area contributed by atoms with Gasteiger partial charge in [0.15, 0.2) is 11.9 Å². The lowest BCUT2D eigenvalue weighted by Gasteiger charge is -2.02. The van der Waals surface area contributed by atoms with E-state index >= 15 is 0 Å². The fraction of sp³-hybridized carbons (Fsp3) is 0.286. The first-order valence-corrected chi connectivity index (χ1v) is 3.01. The number of hydrogen-bond acceptors (Lipinski definition) is 2. The number of aromatic nitrogens is 1. The molecule has 0 saturated heterocycles. The molecule has 1 N–H and O–H groups in total. The minimum atomic E-state index is 0.0810. The van der Waals surface area contributed by atoms with Crippen LogP contribution in [0.4, 0.5) is 0 Å². The van der Waals surface area contributed by atoms with Crippen LogP contribution < -0.4 is 4.73 Å². The molecule has 0 aliphatic carbocycles. The van der Waals surface area contributed by atoms with Gasteiger partial charge in [0, 0.05) is 18.6 Å². The van der Waals surface area contributed by atoms with Crippen LogP contribution in [0.5, 0.6) is 5.75 Å². The highest BCUT2D eigenvalue weighted by Crippen LogP contribution is 2.15. The highest BCUT2D eigenvalue weighted by Gasteiger charge is 2.06. The van der Waals surface area contributed by atoms with Crippen molar-refractivity contribution in [3.05, 3.63) is 28.7 Å². The highest BCUT2D eigenvalue weighted by molar-refractivity contribution is 5.30. The molecule has 10 heavy (non-hydrogen) atoms. The summed E-state index contributed by atoms with van der Waals surface area (Å²) in [5, 5.41) is 19.9. The van der Waals surface area contributed by atoms with Crippen molar-refractivity contribution in [2.24, 2.45) is 0 Å². The molecule has 1 heterocycles. The third kappa shape index (κ3) is 0.900. The van der Waals surface area contributed by atoms with E-state index in [0.717, 1.165) is 5.56 Å². The van der Waals surface area contributed by atoms with Crippen LogP contribution in [0.1, 0.15) is 11.3 Å². The van der Waals surface area contributed by atoms with Crippen molar-refractivity contribution in [3.8, 4) is 5.75 Å². The maximum absolute atomic E-state index is 10.7. The normalized spacial score (nSPS) is 9.80. The Morgan fingerprint density at radius 3 is 2.60 bits per heavy atom. The Morgan fingerprint density at radius 1 is 1.50 bits per heavy atom. The zero-order valence-corrected chi connectivity index (χ0v) is 5.96. The van der Waals surface area contributed by atoms with E-state index < -0.39 is 0 Å². The SMILES string of the molecule is Cc1cc[n+]([O-])c(C)c1O. The van der Waals surface area contributed by atoms with Crippen LogP contribution in [0.2, 0.25) is 0 Å². The Balaban J connectivity index is 3.34. The predicted molar refractivity (Wildman–Crippen MR) is 36.5 cm³/mol. The molecule has 3 heteroatoms. The average Bonchev–Trinajstić information content (AvgIpc) is 1.93. The second kappa shape index (κ2) is 2.17. The van der Waals surface area contributed by atoms with Crippen molar-refractivity contribution in [2.75, 3.05) is 0 Å². The molecular weight excluding hydrogens is 130 g/mol. The maximum atomic E-state index is 10.7. The largest absolute Gasteiger partial charge is 0.618 e. The second-order valence-electron chi connectivity index (χ2n) is 2.26. The lowest BCUT2D eigenvalue weighted by atomic mass is 10.2. The number of nitrogens with zero attached hydrogens (tertiary/aromatic N) is 1. The van der Waals surface area contributed by atoms with Gasteiger partial charge in [-0.15, -0.1) is 0 Å². The highest BCUT2D eigenvalue weighted by atomic mass is 16.5. The van der Waals surface area contributed by atoms with Gasteiger partial charge in [0.25, 0.3) is 0 Å². The Bertz CT molecular complexity index is 231. The number of hydrogen-bond donors (Lipinski definition) is 1. The standard InChI is InChI=1S/C7H9NO2/c1-5-3-4-8(10)6(2)7(5)9/h3-4,9H,1-2H3. The summed E-state index contributed by atoms with van der Waals surface area (Å²) < 4.78 is 0.641. The third-order valence-electron chi connectivity index (χ3n) is 1.51. The summed E-state index contributed by atoms with van der Waals surface area (Å²) >= 11 is 0. The van der Waals surface area contributed by atoms with E-state index in [4.69, 9.17) is 5.11 Å². The molecule has 0 unspecified atom stereocenters. The molecule has 0 fully saturated rings. The third-order valence-corrected chi connectivity index (χ3v) is 1.51. The molecule has 0 bridgehead atoms. The fourth-order valence-corrected chi connectivity index (χ4v) is 0.760. The Morgan fingerprint density at radius 2 is 2.10 bits per heavy atom. The van der Waals surface area contributed by atoms with Crippen molar-refractivity contribution >= 4 is 0 Å². The molecule has 1 rings (SSSR count). The maximum Gasteiger partial charge on any atom is 0.231 e. The van der Waals surface area contributed by atoms with Crippen LogP contribution in [0.3, 0.4) is 0 Å². The van der Waals surface area contributed by atoms with Crippen molar-refractivity contribution in [3.63, 3.8) is 0 Å². The topological polar surface area (TPSA) is 47.2 Å². The van der Waals surface area contributed by atoms with Crippen LogP contribution in [-0.2, 0) is 0 Å². The minimum Gasteiger partial charge on any atom is -0.618 e. The minimum absolute atomic E-state index is 0.0810. The molecule has 1 aromatic rings. The van der Waals surface area contributed by atoms with Gasteiger partial charge in [-0.3, -0.25) is 0 Å². The molecular formula is C7H9NO2. The van der Waals surface area contributed by atoms with E-state index in [1.807, 2.05) is 0 Å². The summed E-state index contributed by atoms with van der Waals surface area (Å²) in [5.41, 5.74) is 1.07. The van der Waals surface area contributed by atoms with E-state index in [1.165, 1.54) is 6.20 Å². The van der Waals surface area contributed by atoms with Gasteiger partial charge in [-0.05, 0) is 6.92 Å². The molecule has 0 aliphatic rings. The Labute approximate surface area is 59.1 Å². The van der Waals surface area contributed by atoms with E-state index in [2.05, 4.69) is 0 Å². The van der Waals surface area contributed by atoms with Gasteiger partial charge in [0.2, 0.25) is 5.69 Å². The van der Waals surface area contributed by atoms with Crippen LogP contribution in [0, 0.1) is 19.1 Å². The molecule has 0 spiro atoms. The summed E-state index contributed by atoms with van der Waals surface area (Å²) in [5.74, 6) is 0.0810. The van der Waals surface area contributed by atoms with Crippen LogP contribution in [0.25, 0.3) is 0 Å². The summed E-state index contributed by atoms with van der Waals surface area (Å²) in [6.07, 6.45) is 1.38. The summed E-state index contributed by atoms with van der Waals surface area (Å²) in [6, 6.07) is 1.58. The molecule has 0 radical (unpaired) electrons. The number of aromatic hydroxyl groups is 1. The van der Waals surface area contributed by atoms with Crippen molar-refractivity contribution < 1.29 is 9.84 Å². The summed E-state index contributed by atoms with van der Waals surface area (Å²) in [6.45, 7) is 3.33. The van der Waals surface area contributed by atoms with Gasteiger partial charge < -0.3 is 10.3 Å². The zero-order chi connectivity index (χ0) is 7.72. The molecule has 0 aromatic carbocycles. The van der Waals surface area contributed by atoms with Gasteiger partial charge in [0.05, 0.1) is 0 Å². The first-order chi connectivity index (χ1) is 4.63. The van der Waals surface area contributed by atoms with E-state index in [0.29, 0.717) is 10.4 Å². The lowest BCUT2D eigenvalue weighted by molar-refractivity contribution is -0.612. The van der Waals surface area contributed by atoms with Crippen molar-refractivity contribution in [2.45, 2.75) is 13.8 Å². The molecule has 54 valence electrons. The van der Waals surface area contributed by atoms with Crippen LogP contribution in [0.15, 0.2) is 12.3 Å². The van der Waals surface area contributed by atoms with E-state index in [-0.39, 0.29) is 5.75 Å². The number of aryl methyl sites for hydroxylation is 1. The molecule has 0 saturated carbocycles. The summed E-state index contributed by atoms with van der Waals surface area (Å²) in [4.78, 5) is 0. The van der Waals surface area contributed by atoms with E-state index in [1.54, 1.807) is 19.9 Å².